The third-order valence-electron chi connectivity index (χ3n) is 2.75. The average Bonchev–Trinajstić information content (AvgIpc) is 2.89. The van der Waals surface area contributed by atoms with Gasteiger partial charge in [0.15, 0.2) is 5.76 Å². The predicted octanol–water partition coefficient (Wildman–Crippen LogP) is 1.34. The summed E-state index contributed by atoms with van der Waals surface area (Å²) in [6.45, 7) is 0. The molecule has 0 spiro atoms. The van der Waals surface area contributed by atoms with Gasteiger partial charge in [-0.15, -0.1) is 0 Å². The Bertz CT molecular complexity index is 737. The molecule has 0 saturated carbocycles. The fraction of sp³-hybridized carbons (Fsp3) is 0.0833. The van der Waals surface area contributed by atoms with Crippen molar-refractivity contribution in [2.75, 3.05) is 0 Å². The number of aromatic hydroxyl groups is 1. The van der Waals surface area contributed by atoms with E-state index in [4.69, 9.17) is 4.42 Å². The summed E-state index contributed by atoms with van der Waals surface area (Å²) in [7, 11) is 1.43. The minimum absolute atomic E-state index is 0.112. The molecular formula is C12H9N3O3. The summed E-state index contributed by atoms with van der Waals surface area (Å²) in [6.07, 6.45) is 6.53. The van der Waals surface area contributed by atoms with Crippen LogP contribution in [0.3, 0.4) is 0 Å². The number of hydrogen-bond acceptors (Lipinski definition) is 5. The number of fused-ring (bicyclic) bond motifs is 1. The fourth-order valence-electron chi connectivity index (χ4n) is 1.74. The van der Waals surface area contributed by atoms with Gasteiger partial charge in [0.05, 0.1) is 5.69 Å². The zero-order chi connectivity index (χ0) is 12.7. The van der Waals surface area contributed by atoms with Crippen LogP contribution >= 0.6 is 0 Å². The van der Waals surface area contributed by atoms with E-state index in [-0.39, 0.29) is 11.6 Å². The van der Waals surface area contributed by atoms with Crippen molar-refractivity contribution in [3.63, 3.8) is 0 Å². The second-order valence-corrected chi connectivity index (χ2v) is 3.87. The second-order valence-electron chi connectivity index (χ2n) is 3.87. The lowest BCUT2D eigenvalue weighted by Crippen LogP contribution is -2.07. The maximum absolute atomic E-state index is 11.2. The summed E-state index contributed by atoms with van der Waals surface area (Å²) < 4.78 is 5.95. The van der Waals surface area contributed by atoms with Gasteiger partial charge in [0, 0.05) is 36.8 Å². The SMILES string of the molecule is Cn1c(O)c(/C=C2\C=Nc3ccncc32)oc1=O. The normalized spacial score (nSPS) is 15.3. The molecule has 3 rings (SSSR count). The van der Waals surface area contributed by atoms with Crippen LogP contribution in [0.5, 0.6) is 5.88 Å². The molecule has 0 radical (unpaired) electrons. The van der Waals surface area contributed by atoms with Crippen molar-refractivity contribution in [3.8, 4) is 5.88 Å². The van der Waals surface area contributed by atoms with Gasteiger partial charge < -0.3 is 9.52 Å². The zero-order valence-corrected chi connectivity index (χ0v) is 9.49. The molecule has 0 atom stereocenters. The maximum Gasteiger partial charge on any atom is 0.422 e. The fourth-order valence-corrected chi connectivity index (χ4v) is 1.74. The first-order valence-corrected chi connectivity index (χ1v) is 5.26. The molecule has 1 aliphatic heterocycles. The van der Waals surface area contributed by atoms with E-state index in [9.17, 15) is 9.90 Å². The molecule has 6 nitrogen and oxygen atoms in total. The molecule has 3 heterocycles. The highest BCUT2D eigenvalue weighted by Gasteiger charge is 2.16. The lowest BCUT2D eigenvalue weighted by molar-refractivity contribution is 0.427. The monoisotopic (exact) mass is 243 g/mol. The second kappa shape index (κ2) is 3.69. The molecule has 0 aliphatic carbocycles. The van der Waals surface area contributed by atoms with Gasteiger partial charge in [-0.2, -0.15) is 0 Å². The van der Waals surface area contributed by atoms with Crippen LogP contribution in [0.15, 0.2) is 32.7 Å². The molecule has 6 heteroatoms. The van der Waals surface area contributed by atoms with Crippen molar-refractivity contribution < 1.29 is 9.52 Å². The summed E-state index contributed by atoms with van der Waals surface area (Å²) in [5, 5.41) is 9.69. The van der Waals surface area contributed by atoms with E-state index in [0.717, 1.165) is 21.4 Å². The number of oxazole rings is 1. The van der Waals surface area contributed by atoms with Crippen molar-refractivity contribution >= 4 is 23.6 Å². The van der Waals surface area contributed by atoms with Gasteiger partial charge in [0.1, 0.15) is 0 Å². The van der Waals surface area contributed by atoms with Crippen LogP contribution in [0.4, 0.5) is 5.69 Å². The first-order valence-electron chi connectivity index (χ1n) is 5.26. The van der Waals surface area contributed by atoms with Crippen LogP contribution in [0.1, 0.15) is 11.3 Å². The van der Waals surface area contributed by atoms with E-state index >= 15 is 0 Å². The molecule has 0 unspecified atom stereocenters. The Kier molecular flexibility index (Phi) is 2.16. The Morgan fingerprint density at radius 2 is 2.33 bits per heavy atom. The Hall–Kier alpha value is -2.63. The molecule has 1 aliphatic rings. The van der Waals surface area contributed by atoms with Crippen LogP contribution < -0.4 is 5.76 Å². The minimum Gasteiger partial charge on any atom is -0.492 e. The lowest BCUT2D eigenvalue weighted by Gasteiger charge is -1.97. The van der Waals surface area contributed by atoms with Crippen molar-refractivity contribution in [2.45, 2.75) is 0 Å². The molecular weight excluding hydrogens is 234 g/mol. The van der Waals surface area contributed by atoms with Crippen molar-refractivity contribution in [1.29, 1.82) is 0 Å². The molecule has 0 fully saturated rings. The van der Waals surface area contributed by atoms with Crippen LogP contribution in [-0.4, -0.2) is 20.9 Å². The van der Waals surface area contributed by atoms with Crippen LogP contribution in [0.2, 0.25) is 0 Å². The number of rotatable bonds is 1. The zero-order valence-electron chi connectivity index (χ0n) is 9.49. The quantitative estimate of drug-likeness (QED) is 0.819. The highest BCUT2D eigenvalue weighted by atomic mass is 16.4. The van der Waals surface area contributed by atoms with Gasteiger partial charge in [-0.25, -0.2) is 9.36 Å². The summed E-state index contributed by atoms with van der Waals surface area (Å²) in [5.74, 6) is -0.709. The number of allylic oxidation sites excluding steroid dienone is 1. The number of nitrogens with zero attached hydrogens (tertiary/aromatic N) is 3. The molecule has 2 aromatic rings. The van der Waals surface area contributed by atoms with E-state index in [1.165, 1.54) is 7.05 Å². The Morgan fingerprint density at radius 3 is 3.06 bits per heavy atom. The molecule has 0 bridgehead atoms. The topological polar surface area (TPSA) is 80.6 Å². The van der Waals surface area contributed by atoms with Gasteiger partial charge in [0.25, 0.3) is 0 Å². The Labute approximate surface area is 102 Å². The van der Waals surface area contributed by atoms with Crippen LogP contribution in [-0.2, 0) is 7.05 Å². The maximum atomic E-state index is 11.2. The average molecular weight is 243 g/mol. The van der Waals surface area contributed by atoms with Crippen LogP contribution in [0, 0.1) is 0 Å². The van der Waals surface area contributed by atoms with E-state index in [2.05, 4.69) is 9.98 Å². The van der Waals surface area contributed by atoms with E-state index in [1.807, 2.05) is 0 Å². The van der Waals surface area contributed by atoms with E-state index < -0.39 is 5.76 Å². The van der Waals surface area contributed by atoms with Crippen molar-refractivity contribution in [2.24, 2.45) is 12.0 Å². The van der Waals surface area contributed by atoms with E-state index in [1.54, 1.807) is 30.8 Å². The first-order chi connectivity index (χ1) is 8.66. The molecule has 0 aromatic carbocycles. The third-order valence-corrected chi connectivity index (χ3v) is 2.75. The highest BCUT2D eigenvalue weighted by Crippen LogP contribution is 2.32. The van der Waals surface area contributed by atoms with Crippen molar-refractivity contribution in [1.82, 2.24) is 9.55 Å². The smallest absolute Gasteiger partial charge is 0.422 e. The number of aromatic nitrogens is 2. The molecule has 90 valence electrons. The first kappa shape index (κ1) is 10.5. The number of hydrogen-bond donors (Lipinski definition) is 1. The molecule has 1 N–H and O–H groups in total. The van der Waals surface area contributed by atoms with E-state index in [0.29, 0.717) is 0 Å². The predicted molar refractivity (Wildman–Crippen MR) is 65.9 cm³/mol. The minimum atomic E-state index is -0.610. The Balaban J connectivity index is 2.12. The van der Waals surface area contributed by atoms with Crippen molar-refractivity contribution in [3.05, 3.63) is 40.3 Å². The Morgan fingerprint density at radius 1 is 1.50 bits per heavy atom. The highest BCUT2D eigenvalue weighted by molar-refractivity contribution is 6.21. The lowest BCUT2D eigenvalue weighted by atomic mass is 10.1. The summed E-state index contributed by atoms with van der Waals surface area (Å²) >= 11 is 0. The standard InChI is InChI=1S/C12H9N3O3/c1-15-11(16)10(18-12(15)17)4-7-5-14-9-2-3-13-6-8(7)9/h2-6,16H,1H3/b7-4+. The third kappa shape index (κ3) is 1.46. The molecule has 0 saturated heterocycles. The van der Waals surface area contributed by atoms with Gasteiger partial charge in [-0.3, -0.25) is 9.98 Å². The van der Waals surface area contributed by atoms with Crippen LogP contribution in [0.25, 0.3) is 11.6 Å². The van der Waals surface area contributed by atoms with Gasteiger partial charge in [-0.1, -0.05) is 0 Å². The summed E-state index contributed by atoms with van der Waals surface area (Å²) in [4.78, 5) is 19.4. The molecule has 18 heavy (non-hydrogen) atoms. The molecule has 0 amide bonds. The molecule has 2 aromatic heterocycles. The summed E-state index contributed by atoms with van der Waals surface area (Å²) in [5.41, 5.74) is 2.38. The largest absolute Gasteiger partial charge is 0.492 e. The number of aliphatic imine (C=N–C) groups is 1. The van der Waals surface area contributed by atoms with Gasteiger partial charge in [0.2, 0.25) is 5.88 Å². The van der Waals surface area contributed by atoms with Gasteiger partial charge in [-0.05, 0) is 12.1 Å². The number of pyridine rings is 1. The van der Waals surface area contributed by atoms with Gasteiger partial charge >= 0.3 is 5.76 Å². The summed E-state index contributed by atoms with van der Waals surface area (Å²) in [6, 6.07) is 1.79.